The SMILES string of the molecule is O=C(O)C(C(=O)N1CCC(CN2CCC(Oc3ccc(Cl)c(Cl)c3)CC2)CC1)c1ccccc1. The third-order valence-electron chi connectivity index (χ3n) is 6.80. The lowest BCUT2D eigenvalue weighted by Crippen LogP contribution is -2.46. The van der Waals surface area contributed by atoms with E-state index in [1.807, 2.05) is 12.1 Å². The van der Waals surface area contributed by atoms with Crippen molar-refractivity contribution in [1.82, 2.24) is 9.80 Å². The second-order valence-corrected chi connectivity index (χ2v) is 9.96. The highest BCUT2D eigenvalue weighted by Gasteiger charge is 2.34. The molecule has 2 fully saturated rings. The van der Waals surface area contributed by atoms with Gasteiger partial charge in [0.05, 0.1) is 10.0 Å². The number of carboxylic acids is 1. The van der Waals surface area contributed by atoms with Crippen molar-refractivity contribution >= 4 is 35.1 Å². The molecule has 2 aliphatic rings. The lowest BCUT2D eigenvalue weighted by Gasteiger charge is -2.38. The molecule has 0 aliphatic carbocycles. The maximum Gasteiger partial charge on any atom is 0.320 e. The van der Waals surface area contributed by atoms with Crippen molar-refractivity contribution in [2.45, 2.75) is 37.7 Å². The number of carbonyl (C=O) groups is 2. The number of carboxylic acid groups (broad SMARTS) is 1. The Morgan fingerprint density at radius 3 is 2.24 bits per heavy atom. The van der Waals surface area contributed by atoms with Crippen LogP contribution in [0.2, 0.25) is 10.0 Å². The van der Waals surface area contributed by atoms with E-state index in [1.54, 1.807) is 41.3 Å². The fourth-order valence-electron chi connectivity index (χ4n) is 4.87. The van der Waals surface area contributed by atoms with Crippen LogP contribution in [0.25, 0.3) is 0 Å². The van der Waals surface area contributed by atoms with Gasteiger partial charge in [-0.1, -0.05) is 53.5 Å². The quantitative estimate of drug-likeness (QED) is 0.540. The first-order valence-electron chi connectivity index (χ1n) is 11.8. The topological polar surface area (TPSA) is 70.1 Å². The standard InChI is InChI=1S/C26H30Cl2N2O4/c27-22-7-6-21(16-23(22)28)34-20-10-12-29(13-11-20)17-18-8-14-30(15-9-18)25(31)24(26(32)33)19-4-2-1-3-5-19/h1-7,16,18,20,24H,8-15,17H2,(H,32,33). The number of amides is 1. The summed E-state index contributed by atoms with van der Waals surface area (Å²) in [5.74, 6) is -1.27. The molecule has 2 aromatic rings. The Kier molecular flexibility index (Phi) is 8.35. The molecular formula is C26H30Cl2N2O4. The maximum absolute atomic E-state index is 13.0. The molecule has 2 heterocycles. The van der Waals surface area contributed by atoms with Crippen LogP contribution >= 0.6 is 23.2 Å². The third kappa shape index (κ3) is 6.23. The van der Waals surface area contributed by atoms with Crippen LogP contribution < -0.4 is 4.74 Å². The average Bonchev–Trinajstić information content (AvgIpc) is 2.84. The number of benzene rings is 2. The maximum atomic E-state index is 13.0. The van der Waals surface area contributed by atoms with Gasteiger partial charge in [0.2, 0.25) is 5.91 Å². The summed E-state index contributed by atoms with van der Waals surface area (Å²) in [7, 11) is 0. The molecule has 6 nitrogen and oxygen atoms in total. The molecule has 2 aromatic carbocycles. The van der Waals surface area contributed by atoms with E-state index >= 15 is 0 Å². The Labute approximate surface area is 210 Å². The second kappa shape index (κ2) is 11.4. The molecule has 0 spiro atoms. The van der Waals surface area contributed by atoms with Crippen molar-refractivity contribution in [2.24, 2.45) is 5.92 Å². The van der Waals surface area contributed by atoms with Gasteiger partial charge in [0.25, 0.3) is 0 Å². The zero-order valence-corrected chi connectivity index (χ0v) is 20.5. The molecule has 1 atom stereocenters. The first-order valence-corrected chi connectivity index (χ1v) is 12.6. The number of carbonyl (C=O) groups excluding carboxylic acids is 1. The second-order valence-electron chi connectivity index (χ2n) is 9.14. The zero-order valence-electron chi connectivity index (χ0n) is 19.0. The Morgan fingerprint density at radius 1 is 0.941 bits per heavy atom. The number of hydrogen-bond donors (Lipinski definition) is 1. The number of halogens is 2. The Bertz CT molecular complexity index is 988. The summed E-state index contributed by atoms with van der Waals surface area (Å²) in [5, 5.41) is 10.7. The minimum atomic E-state index is -1.13. The largest absolute Gasteiger partial charge is 0.490 e. The van der Waals surface area contributed by atoms with Gasteiger partial charge in [-0.15, -0.1) is 0 Å². The number of likely N-dealkylation sites (tertiary alicyclic amines) is 2. The highest BCUT2D eigenvalue weighted by atomic mass is 35.5. The highest BCUT2D eigenvalue weighted by molar-refractivity contribution is 6.42. The van der Waals surface area contributed by atoms with Gasteiger partial charge in [-0.25, -0.2) is 0 Å². The molecule has 2 aliphatic heterocycles. The predicted octanol–water partition coefficient (Wildman–Crippen LogP) is 4.94. The van der Waals surface area contributed by atoms with Crippen LogP contribution in [-0.4, -0.2) is 65.6 Å². The molecule has 2 saturated heterocycles. The summed E-state index contributed by atoms with van der Waals surface area (Å²) < 4.78 is 6.09. The molecule has 8 heteroatoms. The van der Waals surface area contributed by atoms with Crippen molar-refractivity contribution in [1.29, 1.82) is 0 Å². The average molecular weight is 505 g/mol. The van der Waals surface area contributed by atoms with E-state index in [-0.39, 0.29) is 12.0 Å². The van der Waals surface area contributed by atoms with Crippen LogP contribution in [0.3, 0.4) is 0 Å². The summed E-state index contributed by atoms with van der Waals surface area (Å²) in [6, 6.07) is 14.1. The van der Waals surface area contributed by atoms with Crippen LogP contribution in [0, 0.1) is 5.92 Å². The fourth-order valence-corrected chi connectivity index (χ4v) is 5.16. The lowest BCUT2D eigenvalue weighted by atomic mass is 9.92. The lowest BCUT2D eigenvalue weighted by molar-refractivity contribution is -0.147. The van der Waals surface area contributed by atoms with Crippen LogP contribution in [0.15, 0.2) is 48.5 Å². The summed E-state index contributed by atoms with van der Waals surface area (Å²) >= 11 is 12.1. The van der Waals surface area contributed by atoms with E-state index < -0.39 is 11.9 Å². The van der Waals surface area contributed by atoms with Crippen LogP contribution in [0.5, 0.6) is 5.75 Å². The predicted molar refractivity (Wildman–Crippen MR) is 133 cm³/mol. The molecule has 0 radical (unpaired) electrons. The summed E-state index contributed by atoms with van der Waals surface area (Å²) in [6.45, 7) is 4.16. The van der Waals surface area contributed by atoms with Gasteiger partial charge < -0.3 is 19.6 Å². The summed E-state index contributed by atoms with van der Waals surface area (Å²) in [6.07, 6.45) is 3.86. The van der Waals surface area contributed by atoms with Gasteiger partial charge in [0.15, 0.2) is 5.92 Å². The van der Waals surface area contributed by atoms with Gasteiger partial charge in [0, 0.05) is 38.8 Å². The molecule has 0 aromatic heterocycles. The van der Waals surface area contributed by atoms with E-state index in [1.165, 1.54) is 0 Å². The summed E-state index contributed by atoms with van der Waals surface area (Å²) in [5.41, 5.74) is 0.535. The third-order valence-corrected chi connectivity index (χ3v) is 7.54. The number of rotatable bonds is 7. The smallest absolute Gasteiger partial charge is 0.320 e. The molecule has 34 heavy (non-hydrogen) atoms. The minimum absolute atomic E-state index is 0.166. The Hall–Kier alpha value is -2.28. The summed E-state index contributed by atoms with van der Waals surface area (Å²) in [4.78, 5) is 29.0. The van der Waals surface area contributed by atoms with Crippen molar-refractivity contribution < 1.29 is 19.4 Å². The Balaban J connectivity index is 1.22. The van der Waals surface area contributed by atoms with Gasteiger partial charge in [-0.05, 0) is 49.3 Å². The zero-order chi connectivity index (χ0) is 24.1. The van der Waals surface area contributed by atoms with E-state index in [9.17, 15) is 14.7 Å². The molecule has 1 unspecified atom stereocenters. The molecule has 1 N–H and O–H groups in total. The van der Waals surface area contributed by atoms with E-state index in [0.29, 0.717) is 34.6 Å². The van der Waals surface area contributed by atoms with Gasteiger partial charge in [-0.2, -0.15) is 0 Å². The van der Waals surface area contributed by atoms with E-state index in [0.717, 1.165) is 51.1 Å². The van der Waals surface area contributed by atoms with Crippen LogP contribution in [0.4, 0.5) is 0 Å². The van der Waals surface area contributed by atoms with Crippen LogP contribution in [-0.2, 0) is 9.59 Å². The number of nitrogens with zero attached hydrogens (tertiary/aromatic N) is 2. The normalized spacial score (nSPS) is 19.1. The minimum Gasteiger partial charge on any atom is -0.490 e. The molecule has 1 amide bonds. The Morgan fingerprint density at radius 2 is 1.62 bits per heavy atom. The first kappa shape index (κ1) is 24.8. The molecular weight excluding hydrogens is 475 g/mol. The number of ether oxygens (including phenoxy) is 1. The molecule has 0 saturated carbocycles. The number of aliphatic carboxylic acids is 1. The van der Waals surface area contributed by atoms with Crippen LogP contribution in [0.1, 0.15) is 37.2 Å². The van der Waals surface area contributed by atoms with Crippen molar-refractivity contribution in [3.8, 4) is 5.75 Å². The van der Waals surface area contributed by atoms with Crippen molar-refractivity contribution in [3.63, 3.8) is 0 Å². The monoisotopic (exact) mass is 504 g/mol. The highest BCUT2D eigenvalue weighted by Crippen LogP contribution is 2.29. The first-order chi connectivity index (χ1) is 16.4. The number of hydrogen-bond acceptors (Lipinski definition) is 4. The van der Waals surface area contributed by atoms with Gasteiger partial charge >= 0.3 is 5.97 Å². The van der Waals surface area contributed by atoms with E-state index in [4.69, 9.17) is 27.9 Å². The van der Waals surface area contributed by atoms with E-state index in [2.05, 4.69) is 4.90 Å². The fraction of sp³-hybridized carbons (Fsp3) is 0.462. The molecule has 182 valence electrons. The van der Waals surface area contributed by atoms with Gasteiger partial charge in [-0.3, -0.25) is 9.59 Å². The van der Waals surface area contributed by atoms with Gasteiger partial charge in [0.1, 0.15) is 11.9 Å². The number of piperidine rings is 2. The van der Waals surface area contributed by atoms with Crippen molar-refractivity contribution in [2.75, 3.05) is 32.7 Å². The molecule has 0 bridgehead atoms. The molecule has 4 rings (SSSR count). The van der Waals surface area contributed by atoms with Crippen molar-refractivity contribution in [3.05, 3.63) is 64.1 Å².